The lowest BCUT2D eigenvalue weighted by molar-refractivity contribution is -0.385. The summed E-state index contributed by atoms with van der Waals surface area (Å²) < 4.78 is 5.55. The van der Waals surface area contributed by atoms with E-state index >= 15 is 0 Å². The molecule has 2 atom stereocenters. The summed E-state index contributed by atoms with van der Waals surface area (Å²) in [6.45, 7) is 4.51. The highest BCUT2D eigenvalue weighted by Gasteiger charge is 2.26. The van der Waals surface area contributed by atoms with E-state index in [1.165, 1.54) is 0 Å². The minimum absolute atomic E-state index is 0.215. The highest BCUT2D eigenvalue weighted by atomic mass is 16.6. The lowest BCUT2D eigenvalue weighted by Gasteiger charge is -2.30. The predicted molar refractivity (Wildman–Crippen MR) is 77.8 cm³/mol. The second-order valence-electron chi connectivity index (χ2n) is 5.23. The number of likely N-dealkylation sites (N-methyl/N-ethyl adjacent to an activating group) is 1. The van der Waals surface area contributed by atoms with Crippen molar-refractivity contribution in [1.82, 2.24) is 5.32 Å². The van der Waals surface area contributed by atoms with Crippen LogP contribution < -0.4 is 5.32 Å². The molecule has 0 bridgehead atoms. The van der Waals surface area contributed by atoms with E-state index < -0.39 is 0 Å². The van der Waals surface area contributed by atoms with Gasteiger partial charge in [-0.2, -0.15) is 0 Å². The average Bonchev–Trinajstić information content (AvgIpc) is 2.48. The lowest BCUT2D eigenvalue weighted by atomic mass is 9.89. The Morgan fingerprint density at radius 1 is 1.50 bits per heavy atom. The SMILES string of the molecule is CCNC(Cc1ccccc1[N+](=O)[O-])C1CCCOC1. The first-order valence-corrected chi connectivity index (χ1v) is 7.25. The number of rotatable bonds is 6. The molecule has 1 saturated heterocycles. The van der Waals surface area contributed by atoms with Crippen LogP contribution in [0.15, 0.2) is 24.3 Å². The molecule has 0 amide bonds. The molecule has 0 saturated carbocycles. The molecule has 110 valence electrons. The first-order chi connectivity index (χ1) is 9.72. The topological polar surface area (TPSA) is 64.4 Å². The Morgan fingerprint density at radius 2 is 2.30 bits per heavy atom. The average molecular weight is 278 g/mol. The highest BCUT2D eigenvalue weighted by molar-refractivity contribution is 5.40. The van der Waals surface area contributed by atoms with Crippen molar-refractivity contribution in [2.45, 2.75) is 32.2 Å². The fourth-order valence-electron chi connectivity index (χ4n) is 2.85. The number of hydrogen-bond acceptors (Lipinski definition) is 4. The third-order valence-corrected chi connectivity index (χ3v) is 3.86. The van der Waals surface area contributed by atoms with Crippen molar-refractivity contribution in [3.8, 4) is 0 Å². The molecule has 0 aromatic heterocycles. The molecule has 0 radical (unpaired) electrons. The largest absolute Gasteiger partial charge is 0.381 e. The molecule has 20 heavy (non-hydrogen) atoms. The van der Waals surface area contributed by atoms with Crippen LogP contribution in [0.1, 0.15) is 25.3 Å². The van der Waals surface area contributed by atoms with Gasteiger partial charge in [0.2, 0.25) is 0 Å². The summed E-state index contributed by atoms with van der Waals surface area (Å²) in [5, 5.41) is 14.6. The normalized spacial score (nSPS) is 20.6. The van der Waals surface area contributed by atoms with Gasteiger partial charge in [-0.1, -0.05) is 25.1 Å². The van der Waals surface area contributed by atoms with E-state index in [-0.39, 0.29) is 16.7 Å². The van der Waals surface area contributed by atoms with E-state index in [2.05, 4.69) is 12.2 Å². The monoisotopic (exact) mass is 278 g/mol. The number of hydrogen-bond donors (Lipinski definition) is 1. The van der Waals surface area contributed by atoms with E-state index in [1.807, 2.05) is 12.1 Å². The molecule has 5 heteroatoms. The van der Waals surface area contributed by atoms with Gasteiger partial charge in [0, 0.05) is 24.3 Å². The van der Waals surface area contributed by atoms with Crippen LogP contribution in [0.5, 0.6) is 0 Å². The molecule has 2 rings (SSSR count). The molecular weight excluding hydrogens is 256 g/mol. The smallest absolute Gasteiger partial charge is 0.272 e. The molecule has 0 aliphatic carbocycles. The minimum atomic E-state index is -0.296. The zero-order valence-electron chi connectivity index (χ0n) is 11.9. The summed E-state index contributed by atoms with van der Waals surface area (Å²) in [6, 6.07) is 7.25. The zero-order chi connectivity index (χ0) is 14.4. The zero-order valence-corrected chi connectivity index (χ0v) is 11.9. The van der Waals surface area contributed by atoms with Crippen molar-refractivity contribution in [2.24, 2.45) is 5.92 Å². The summed E-state index contributed by atoms with van der Waals surface area (Å²) in [6.07, 6.45) is 2.88. The number of ether oxygens (including phenoxy) is 1. The van der Waals surface area contributed by atoms with Gasteiger partial charge in [0.25, 0.3) is 5.69 Å². The van der Waals surface area contributed by atoms with E-state index in [1.54, 1.807) is 12.1 Å². The fraction of sp³-hybridized carbons (Fsp3) is 0.600. The van der Waals surface area contributed by atoms with Gasteiger partial charge < -0.3 is 10.1 Å². The summed E-state index contributed by atoms with van der Waals surface area (Å²) in [4.78, 5) is 10.8. The van der Waals surface area contributed by atoms with E-state index in [0.717, 1.165) is 38.2 Å². The van der Waals surface area contributed by atoms with Crippen molar-refractivity contribution in [3.05, 3.63) is 39.9 Å². The second kappa shape index (κ2) is 7.36. The van der Waals surface area contributed by atoms with Crippen LogP contribution in [-0.2, 0) is 11.2 Å². The van der Waals surface area contributed by atoms with Crippen LogP contribution >= 0.6 is 0 Å². The van der Waals surface area contributed by atoms with E-state index in [9.17, 15) is 10.1 Å². The molecule has 5 nitrogen and oxygen atoms in total. The van der Waals surface area contributed by atoms with Crippen molar-refractivity contribution in [3.63, 3.8) is 0 Å². The number of nitro benzene ring substituents is 1. The predicted octanol–water partition coefficient (Wildman–Crippen LogP) is 2.54. The highest BCUT2D eigenvalue weighted by Crippen LogP contribution is 2.24. The third-order valence-electron chi connectivity index (χ3n) is 3.86. The molecular formula is C15H22N2O3. The Bertz CT molecular complexity index is 444. The van der Waals surface area contributed by atoms with Crippen molar-refractivity contribution < 1.29 is 9.66 Å². The molecule has 1 aliphatic rings. The van der Waals surface area contributed by atoms with Crippen LogP contribution in [-0.4, -0.2) is 30.7 Å². The first-order valence-electron chi connectivity index (χ1n) is 7.25. The summed E-state index contributed by atoms with van der Waals surface area (Å²) in [7, 11) is 0. The molecule has 1 heterocycles. The molecule has 1 aromatic carbocycles. The molecule has 1 aliphatic heterocycles. The Hall–Kier alpha value is -1.46. The van der Waals surface area contributed by atoms with Crippen molar-refractivity contribution >= 4 is 5.69 Å². The Morgan fingerprint density at radius 3 is 2.95 bits per heavy atom. The standard InChI is InChI=1S/C15H22N2O3/c1-2-16-14(13-7-5-9-20-11-13)10-12-6-3-4-8-15(12)17(18)19/h3-4,6,8,13-14,16H,2,5,7,9-11H2,1H3. The summed E-state index contributed by atoms with van der Waals surface area (Å²) in [5.41, 5.74) is 1.01. The maximum atomic E-state index is 11.1. The maximum absolute atomic E-state index is 11.1. The first kappa shape index (κ1) is 14.9. The quantitative estimate of drug-likeness (QED) is 0.641. The summed E-state index contributed by atoms with van der Waals surface area (Å²) >= 11 is 0. The van der Waals surface area contributed by atoms with Gasteiger partial charge in [-0.25, -0.2) is 0 Å². The van der Waals surface area contributed by atoms with Crippen molar-refractivity contribution in [1.29, 1.82) is 0 Å². The van der Waals surface area contributed by atoms with Gasteiger partial charge in [0.05, 0.1) is 11.5 Å². The van der Waals surface area contributed by atoms with Crippen LogP contribution in [0.3, 0.4) is 0 Å². The Balaban J connectivity index is 2.13. The summed E-state index contributed by atoms with van der Waals surface area (Å²) in [5.74, 6) is 0.434. The lowest BCUT2D eigenvalue weighted by Crippen LogP contribution is -2.41. The molecule has 1 fully saturated rings. The van der Waals surface area contributed by atoms with Gasteiger partial charge in [-0.15, -0.1) is 0 Å². The Kier molecular flexibility index (Phi) is 5.49. The third kappa shape index (κ3) is 3.77. The van der Waals surface area contributed by atoms with Crippen LogP contribution in [0.25, 0.3) is 0 Å². The maximum Gasteiger partial charge on any atom is 0.272 e. The van der Waals surface area contributed by atoms with Crippen molar-refractivity contribution in [2.75, 3.05) is 19.8 Å². The number of para-hydroxylation sites is 1. The van der Waals surface area contributed by atoms with Gasteiger partial charge >= 0.3 is 0 Å². The van der Waals surface area contributed by atoms with Gasteiger partial charge in [0.1, 0.15) is 0 Å². The number of nitro groups is 1. The van der Waals surface area contributed by atoms with E-state index in [0.29, 0.717) is 12.3 Å². The van der Waals surface area contributed by atoms with Crippen LogP contribution in [0.2, 0.25) is 0 Å². The molecule has 1 N–H and O–H groups in total. The number of benzene rings is 1. The fourth-order valence-corrected chi connectivity index (χ4v) is 2.85. The second-order valence-corrected chi connectivity index (χ2v) is 5.23. The molecule has 0 spiro atoms. The van der Waals surface area contributed by atoms with Crippen LogP contribution in [0, 0.1) is 16.0 Å². The van der Waals surface area contributed by atoms with Gasteiger partial charge in [-0.3, -0.25) is 10.1 Å². The van der Waals surface area contributed by atoms with Gasteiger partial charge in [-0.05, 0) is 31.7 Å². The number of nitrogens with zero attached hydrogens (tertiary/aromatic N) is 1. The van der Waals surface area contributed by atoms with Gasteiger partial charge in [0.15, 0.2) is 0 Å². The minimum Gasteiger partial charge on any atom is -0.381 e. The van der Waals surface area contributed by atoms with Crippen LogP contribution in [0.4, 0.5) is 5.69 Å². The molecule has 2 unspecified atom stereocenters. The van der Waals surface area contributed by atoms with E-state index in [4.69, 9.17) is 4.74 Å². The Labute approximate surface area is 119 Å². The number of nitrogens with one attached hydrogen (secondary N) is 1. The molecule has 1 aromatic rings.